The topological polar surface area (TPSA) is 15.3 Å². The Balaban J connectivity index is 2.37. The van der Waals surface area contributed by atoms with E-state index in [0.717, 1.165) is 12.6 Å². The van der Waals surface area contributed by atoms with Crippen LogP contribution >= 0.6 is 0 Å². The molecule has 0 aromatic rings. The Morgan fingerprint density at radius 1 is 1.17 bits per heavy atom. The SMILES string of the molecule is CCC(C)(C)NCC(C)N(C)C1CCCCCC1. The number of rotatable bonds is 6. The molecule has 1 rings (SSSR count). The summed E-state index contributed by atoms with van der Waals surface area (Å²) >= 11 is 0. The van der Waals surface area contributed by atoms with Gasteiger partial charge in [0.05, 0.1) is 0 Å². The predicted octanol–water partition coefficient (Wildman–Crippen LogP) is 3.81. The molecule has 0 aromatic heterocycles. The lowest BCUT2D eigenvalue weighted by Crippen LogP contribution is -2.49. The van der Waals surface area contributed by atoms with Crippen molar-refractivity contribution in [1.82, 2.24) is 10.2 Å². The van der Waals surface area contributed by atoms with Gasteiger partial charge in [-0.3, -0.25) is 4.90 Å². The predicted molar refractivity (Wildman–Crippen MR) is 81.1 cm³/mol. The molecule has 1 aliphatic carbocycles. The summed E-state index contributed by atoms with van der Waals surface area (Å²) in [5.74, 6) is 0. The minimum Gasteiger partial charge on any atom is -0.310 e. The molecule has 18 heavy (non-hydrogen) atoms. The number of nitrogens with one attached hydrogen (secondary N) is 1. The van der Waals surface area contributed by atoms with E-state index in [1.807, 2.05) is 0 Å². The summed E-state index contributed by atoms with van der Waals surface area (Å²) in [6, 6.07) is 1.45. The van der Waals surface area contributed by atoms with Crippen LogP contribution in [0.25, 0.3) is 0 Å². The molecule has 0 amide bonds. The Morgan fingerprint density at radius 2 is 1.72 bits per heavy atom. The summed E-state index contributed by atoms with van der Waals surface area (Å²) in [5, 5.41) is 3.70. The summed E-state index contributed by atoms with van der Waals surface area (Å²) in [6.07, 6.45) is 9.73. The quantitative estimate of drug-likeness (QED) is 0.725. The number of likely N-dealkylation sites (N-methyl/N-ethyl adjacent to an activating group) is 1. The molecule has 0 aliphatic heterocycles. The highest BCUT2D eigenvalue weighted by Crippen LogP contribution is 2.22. The highest BCUT2D eigenvalue weighted by Gasteiger charge is 2.22. The summed E-state index contributed by atoms with van der Waals surface area (Å²) < 4.78 is 0. The van der Waals surface area contributed by atoms with Gasteiger partial charge in [-0.1, -0.05) is 32.6 Å². The molecule has 108 valence electrons. The van der Waals surface area contributed by atoms with Gasteiger partial charge in [-0.15, -0.1) is 0 Å². The zero-order chi connectivity index (χ0) is 13.6. The van der Waals surface area contributed by atoms with Gasteiger partial charge in [-0.05, 0) is 47.1 Å². The van der Waals surface area contributed by atoms with Crippen molar-refractivity contribution in [3.63, 3.8) is 0 Å². The Kier molecular flexibility index (Phi) is 6.65. The van der Waals surface area contributed by atoms with Crippen LogP contribution in [0.2, 0.25) is 0 Å². The molecule has 0 bridgehead atoms. The summed E-state index contributed by atoms with van der Waals surface area (Å²) in [7, 11) is 2.32. The third-order valence-electron chi connectivity index (χ3n) is 4.86. The third-order valence-corrected chi connectivity index (χ3v) is 4.86. The highest BCUT2D eigenvalue weighted by atomic mass is 15.2. The molecule has 1 saturated carbocycles. The molecule has 2 heteroatoms. The Bertz CT molecular complexity index is 217. The Morgan fingerprint density at radius 3 is 2.22 bits per heavy atom. The molecule has 1 N–H and O–H groups in total. The average Bonchev–Trinajstić information content (AvgIpc) is 2.64. The van der Waals surface area contributed by atoms with Crippen LogP contribution in [0, 0.1) is 0 Å². The van der Waals surface area contributed by atoms with E-state index in [1.165, 1.54) is 44.9 Å². The van der Waals surface area contributed by atoms with Crippen molar-refractivity contribution in [3.8, 4) is 0 Å². The minimum atomic E-state index is 0.276. The second-order valence-corrected chi connectivity index (χ2v) is 6.78. The molecule has 1 atom stereocenters. The highest BCUT2D eigenvalue weighted by molar-refractivity contribution is 4.81. The molecule has 0 spiro atoms. The molecule has 0 saturated heterocycles. The molecule has 2 nitrogen and oxygen atoms in total. The molecular weight excluding hydrogens is 220 g/mol. The fourth-order valence-corrected chi connectivity index (χ4v) is 2.72. The van der Waals surface area contributed by atoms with Crippen LogP contribution in [0.5, 0.6) is 0 Å². The van der Waals surface area contributed by atoms with Crippen molar-refractivity contribution in [1.29, 1.82) is 0 Å². The molecule has 0 aromatic carbocycles. The number of nitrogens with zero attached hydrogens (tertiary/aromatic N) is 1. The first-order chi connectivity index (χ1) is 8.46. The van der Waals surface area contributed by atoms with E-state index in [-0.39, 0.29) is 5.54 Å². The van der Waals surface area contributed by atoms with Crippen molar-refractivity contribution < 1.29 is 0 Å². The lowest BCUT2D eigenvalue weighted by molar-refractivity contribution is 0.156. The van der Waals surface area contributed by atoms with E-state index >= 15 is 0 Å². The molecule has 0 radical (unpaired) electrons. The van der Waals surface area contributed by atoms with Gasteiger partial charge in [0.1, 0.15) is 0 Å². The van der Waals surface area contributed by atoms with Crippen LogP contribution in [-0.4, -0.2) is 36.1 Å². The smallest absolute Gasteiger partial charge is 0.0192 e. The van der Waals surface area contributed by atoms with Gasteiger partial charge in [0.15, 0.2) is 0 Å². The van der Waals surface area contributed by atoms with Crippen molar-refractivity contribution >= 4 is 0 Å². The molecule has 0 heterocycles. The van der Waals surface area contributed by atoms with Crippen molar-refractivity contribution in [2.75, 3.05) is 13.6 Å². The van der Waals surface area contributed by atoms with E-state index in [1.54, 1.807) is 0 Å². The van der Waals surface area contributed by atoms with Crippen LogP contribution < -0.4 is 5.32 Å². The lowest BCUT2D eigenvalue weighted by Gasteiger charge is -2.35. The van der Waals surface area contributed by atoms with E-state index in [9.17, 15) is 0 Å². The second-order valence-electron chi connectivity index (χ2n) is 6.78. The van der Waals surface area contributed by atoms with Crippen LogP contribution in [0.15, 0.2) is 0 Å². The molecule has 1 aliphatic rings. The van der Waals surface area contributed by atoms with Gasteiger partial charge in [-0.25, -0.2) is 0 Å². The molecule has 1 fully saturated rings. The van der Waals surface area contributed by atoms with E-state index in [0.29, 0.717) is 6.04 Å². The minimum absolute atomic E-state index is 0.276. The van der Waals surface area contributed by atoms with Gasteiger partial charge in [0, 0.05) is 24.2 Å². The monoisotopic (exact) mass is 254 g/mol. The fraction of sp³-hybridized carbons (Fsp3) is 1.00. The zero-order valence-corrected chi connectivity index (χ0v) is 13.3. The normalized spacial score (nSPS) is 21.0. The van der Waals surface area contributed by atoms with Gasteiger partial charge in [-0.2, -0.15) is 0 Å². The molecular formula is C16H34N2. The maximum absolute atomic E-state index is 3.70. The van der Waals surface area contributed by atoms with Gasteiger partial charge in [0.2, 0.25) is 0 Å². The summed E-state index contributed by atoms with van der Waals surface area (Å²) in [6.45, 7) is 10.3. The van der Waals surface area contributed by atoms with Crippen molar-refractivity contribution in [3.05, 3.63) is 0 Å². The van der Waals surface area contributed by atoms with Crippen LogP contribution in [-0.2, 0) is 0 Å². The Hall–Kier alpha value is -0.0800. The van der Waals surface area contributed by atoms with Crippen LogP contribution in [0.1, 0.15) is 72.6 Å². The van der Waals surface area contributed by atoms with Gasteiger partial charge in [0.25, 0.3) is 0 Å². The van der Waals surface area contributed by atoms with E-state index in [4.69, 9.17) is 0 Å². The first-order valence-corrected chi connectivity index (χ1v) is 7.93. The second kappa shape index (κ2) is 7.49. The summed E-state index contributed by atoms with van der Waals surface area (Å²) in [4.78, 5) is 2.62. The Labute approximate surface area is 115 Å². The maximum Gasteiger partial charge on any atom is 0.0192 e. The van der Waals surface area contributed by atoms with Crippen LogP contribution in [0.3, 0.4) is 0 Å². The van der Waals surface area contributed by atoms with Crippen LogP contribution in [0.4, 0.5) is 0 Å². The zero-order valence-electron chi connectivity index (χ0n) is 13.3. The average molecular weight is 254 g/mol. The fourth-order valence-electron chi connectivity index (χ4n) is 2.72. The van der Waals surface area contributed by atoms with Gasteiger partial charge < -0.3 is 5.32 Å². The van der Waals surface area contributed by atoms with Crippen molar-refractivity contribution in [2.45, 2.75) is 90.3 Å². The van der Waals surface area contributed by atoms with Crippen molar-refractivity contribution in [2.24, 2.45) is 0 Å². The third kappa shape index (κ3) is 5.27. The summed E-state index contributed by atoms with van der Waals surface area (Å²) in [5.41, 5.74) is 0.276. The first kappa shape index (κ1) is 16.0. The number of hydrogen-bond acceptors (Lipinski definition) is 2. The maximum atomic E-state index is 3.70. The first-order valence-electron chi connectivity index (χ1n) is 7.93. The van der Waals surface area contributed by atoms with E-state index in [2.05, 4.69) is 45.0 Å². The standard InChI is InChI=1S/C16H34N2/c1-6-16(3,4)17-13-14(2)18(5)15-11-9-7-8-10-12-15/h14-15,17H,6-13H2,1-5H3. The number of hydrogen-bond donors (Lipinski definition) is 1. The lowest BCUT2D eigenvalue weighted by atomic mass is 10.0. The molecule has 1 unspecified atom stereocenters. The largest absolute Gasteiger partial charge is 0.310 e. The van der Waals surface area contributed by atoms with Gasteiger partial charge >= 0.3 is 0 Å². The van der Waals surface area contributed by atoms with E-state index < -0.39 is 0 Å².